The van der Waals surface area contributed by atoms with Gasteiger partial charge in [-0.1, -0.05) is 41.9 Å². The molecule has 1 N–H and O–H groups in total. The van der Waals surface area contributed by atoms with Crippen molar-refractivity contribution in [2.75, 3.05) is 0 Å². The molecule has 130 valence electrons. The van der Waals surface area contributed by atoms with Crippen LogP contribution in [0.1, 0.15) is 21.6 Å². The third-order valence-electron chi connectivity index (χ3n) is 3.49. The molecule has 3 rings (SSSR count). The zero-order valence-corrected chi connectivity index (χ0v) is 14.6. The summed E-state index contributed by atoms with van der Waals surface area (Å²) >= 11 is 5.88. The first kappa shape index (κ1) is 17.6. The summed E-state index contributed by atoms with van der Waals surface area (Å²) in [5.74, 6) is 0.291. The molecule has 0 bridgehead atoms. The molecule has 1 aromatic heterocycles. The monoisotopic (exact) mass is 365 g/mol. The van der Waals surface area contributed by atoms with Gasteiger partial charge in [-0.15, -0.1) is 0 Å². The second-order valence-corrected chi connectivity index (χ2v) is 5.80. The summed E-state index contributed by atoms with van der Waals surface area (Å²) in [4.78, 5) is 15.9. The van der Waals surface area contributed by atoms with Gasteiger partial charge in [0.05, 0.1) is 6.21 Å². The fourth-order valence-corrected chi connectivity index (χ4v) is 2.30. The number of rotatable bonds is 6. The van der Waals surface area contributed by atoms with Crippen molar-refractivity contribution in [3.63, 3.8) is 0 Å². The molecule has 0 spiro atoms. The summed E-state index contributed by atoms with van der Waals surface area (Å²) in [7, 11) is 0. The Morgan fingerprint density at radius 2 is 1.85 bits per heavy atom. The largest absolute Gasteiger partial charge is 0.488 e. The summed E-state index contributed by atoms with van der Waals surface area (Å²) in [6.45, 7) is 0.405. The predicted octanol–water partition coefficient (Wildman–Crippen LogP) is 4.08. The van der Waals surface area contributed by atoms with E-state index >= 15 is 0 Å². The minimum Gasteiger partial charge on any atom is -0.488 e. The van der Waals surface area contributed by atoms with Crippen LogP contribution >= 0.6 is 11.6 Å². The van der Waals surface area contributed by atoms with Gasteiger partial charge in [0.15, 0.2) is 0 Å². The maximum absolute atomic E-state index is 11.9. The number of nitrogens with one attached hydrogen (secondary N) is 1. The van der Waals surface area contributed by atoms with E-state index in [9.17, 15) is 4.79 Å². The van der Waals surface area contributed by atoms with E-state index in [1.807, 2.05) is 48.5 Å². The summed E-state index contributed by atoms with van der Waals surface area (Å²) in [6, 6.07) is 20.0. The fraction of sp³-hybridized carbons (Fsp3) is 0.0500. The van der Waals surface area contributed by atoms with Crippen molar-refractivity contribution >= 4 is 23.7 Å². The molecule has 6 heteroatoms. The number of para-hydroxylation sites is 1. The lowest BCUT2D eigenvalue weighted by atomic mass is 10.2. The highest BCUT2D eigenvalue weighted by Crippen LogP contribution is 2.18. The van der Waals surface area contributed by atoms with Crippen LogP contribution in [0.4, 0.5) is 0 Å². The fourth-order valence-electron chi connectivity index (χ4n) is 2.18. The number of benzene rings is 2. The Labute approximate surface area is 156 Å². The Hall–Kier alpha value is -3.18. The number of hydrogen-bond donors (Lipinski definition) is 1. The highest BCUT2D eigenvalue weighted by atomic mass is 35.5. The van der Waals surface area contributed by atoms with Crippen LogP contribution in [0, 0.1) is 0 Å². The first-order valence-corrected chi connectivity index (χ1v) is 8.31. The van der Waals surface area contributed by atoms with Gasteiger partial charge in [0, 0.05) is 16.8 Å². The highest BCUT2D eigenvalue weighted by Gasteiger charge is 2.05. The number of carbonyl (C=O) groups is 1. The van der Waals surface area contributed by atoms with E-state index in [-0.39, 0.29) is 5.91 Å². The van der Waals surface area contributed by atoms with E-state index in [0.717, 1.165) is 11.1 Å². The third kappa shape index (κ3) is 4.91. The van der Waals surface area contributed by atoms with Gasteiger partial charge in [-0.2, -0.15) is 5.10 Å². The highest BCUT2D eigenvalue weighted by molar-refractivity contribution is 6.30. The maximum atomic E-state index is 11.9. The second kappa shape index (κ2) is 8.78. The first-order valence-electron chi connectivity index (χ1n) is 7.93. The van der Waals surface area contributed by atoms with Gasteiger partial charge >= 0.3 is 0 Å². The lowest BCUT2D eigenvalue weighted by molar-refractivity contribution is 0.0950. The van der Waals surface area contributed by atoms with Crippen molar-refractivity contribution < 1.29 is 9.53 Å². The molecule has 5 nitrogen and oxygen atoms in total. The van der Waals surface area contributed by atoms with E-state index in [4.69, 9.17) is 16.3 Å². The molecule has 26 heavy (non-hydrogen) atoms. The SMILES string of the molecule is O=C(N/N=C\c1ccccc1OCc1ccc(Cl)cc1)c1ccccn1. The van der Waals surface area contributed by atoms with Gasteiger partial charge in [-0.05, 0) is 42.0 Å². The standard InChI is InChI=1S/C20H16ClN3O2/c21-17-10-8-15(9-11-17)14-26-19-7-2-1-5-16(19)13-23-24-20(25)18-6-3-4-12-22-18/h1-13H,14H2,(H,24,25)/b23-13-. The Bertz CT molecular complexity index is 896. The minimum absolute atomic E-state index is 0.303. The zero-order chi connectivity index (χ0) is 18.2. The van der Waals surface area contributed by atoms with Crippen LogP contribution in [0.3, 0.4) is 0 Å². The number of hydrogen-bond acceptors (Lipinski definition) is 4. The number of amides is 1. The number of aromatic nitrogens is 1. The van der Waals surface area contributed by atoms with Crippen LogP contribution in [0.25, 0.3) is 0 Å². The smallest absolute Gasteiger partial charge is 0.289 e. The molecule has 0 radical (unpaired) electrons. The van der Waals surface area contributed by atoms with E-state index < -0.39 is 0 Å². The van der Waals surface area contributed by atoms with Gasteiger partial charge in [-0.25, -0.2) is 5.43 Å². The Morgan fingerprint density at radius 1 is 1.08 bits per heavy atom. The number of carbonyl (C=O) groups excluding carboxylic acids is 1. The topological polar surface area (TPSA) is 63.6 Å². The van der Waals surface area contributed by atoms with Crippen LogP contribution in [-0.4, -0.2) is 17.1 Å². The van der Waals surface area contributed by atoms with Crippen molar-refractivity contribution in [3.8, 4) is 5.75 Å². The molecule has 2 aromatic carbocycles. The van der Waals surface area contributed by atoms with E-state index in [0.29, 0.717) is 23.1 Å². The quantitative estimate of drug-likeness (QED) is 0.529. The summed E-state index contributed by atoms with van der Waals surface area (Å²) in [6.07, 6.45) is 3.09. The van der Waals surface area contributed by atoms with Gasteiger partial charge in [-0.3, -0.25) is 9.78 Å². The van der Waals surface area contributed by atoms with E-state index in [2.05, 4.69) is 15.5 Å². The molecule has 0 atom stereocenters. The van der Waals surface area contributed by atoms with Crippen LogP contribution in [0.15, 0.2) is 78.0 Å². The lowest BCUT2D eigenvalue weighted by Gasteiger charge is -2.09. The predicted molar refractivity (Wildman–Crippen MR) is 102 cm³/mol. The van der Waals surface area contributed by atoms with Gasteiger partial charge in [0.2, 0.25) is 0 Å². The normalized spacial score (nSPS) is 10.7. The molecule has 3 aromatic rings. The molecule has 0 aliphatic heterocycles. The summed E-state index contributed by atoms with van der Waals surface area (Å²) < 4.78 is 5.85. The van der Waals surface area contributed by atoms with E-state index in [1.165, 1.54) is 6.21 Å². The molecule has 0 saturated carbocycles. The Morgan fingerprint density at radius 3 is 2.62 bits per heavy atom. The summed E-state index contributed by atoms with van der Waals surface area (Å²) in [5.41, 5.74) is 4.51. The van der Waals surface area contributed by atoms with Gasteiger partial charge in [0.25, 0.3) is 5.91 Å². The molecule has 0 fully saturated rings. The molecule has 0 unspecified atom stereocenters. The maximum Gasteiger partial charge on any atom is 0.289 e. The van der Waals surface area contributed by atoms with Crippen LogP contribution in [0.2, 0.25) is 5.02 Å². The van der Waals surface area contributed by atoms with Gasteiger partial charge in [0.1, 0.15) is 18.1 Å². The molecule has 0 aliphatic carbocycles. The van der Waals surface area contributed by atoms with Crippen molar-refractivity contribution in [2.45, 2.75) is 6.61 Å². The van der Waals surface area contributed by atoms with Crippen molar-refractivity contribution in [1.29, 1.82) is 0 Å². The van der Waals surface area contributed by atoms with Crippen LogP contribution in [-0.2, 0) is 6.61 Å². The van der Waals surface area contributed by atoms with Crippen molar-refractivity contribution in [2.24, 2.45) is 5.10 Å². The molecule has 0 saturated heterocycles. The van der Waals surface area contributed by atoms with Crippen LogP contribution < -0.4 is 10.2 Å². The lowest BCUT2D eigenvalue weighted by Crippen LogP contribution is -2.18. The number of pyridine rings is 1. The molecule has 1 amide bonds. The molecule has 0 aliphatic rings. The van der Waals surface area contributed by atoms with Crippen molar-refractivity contribution in [3.05, 3.63) is 94.8 Å². The number of hydrazone groups is 1. The zero-order valence-electron chi connectivity index (χ0n) is 13.8. The third-order valence-corrected chi connectivity index (χ3v) is 3.75. The number of halogens is 1. The average Bonchev–Trinajstić information content (AvgIpc) is 2.69. The average molecular weight is 366 g/mol. The molecular formula is C20H16ClN3O2. The second-order valence-electron chi connectivity index (χ2n) is 5.37. The first-order chi connectivity index (χ1) is 12.7. The minimum atomic E-state index is -0.374. The number of ether oxygens (including phenoxy) is 1. The number of nitrogens with zero attached hydrogens (tertiary/aromatic N) is 2. The van der Waals surface area contributed by atoms with Crippen LogP contribution in [0.5, 0.6) is 5.75 Å². The summed E-state index contributed by atoms with van der Waals surface area (Å²) in [5, 5.41) is 4.67. The van der Waals surface area contributed by atoms with E-state index in [1.54, 1.807) is 24.4 Å². The van der Waals surface area contributed by atoms with Gasteiger partial charge < -0.3 is 4.74 Å². The Kier molecular flexibility index (Phi) is 5.96. The molecular weight excluding hydrogens is 350 g/mol. The Balaban J connectivity index is 1.63. The van der Waals surface area contributed by atoms with Crippen molar-refractivity contribution in [1.82, 2.24) is 10.4 Å². The molecule has 1 heterocycles.